The standard InChI is InChI=1S/C22H25NO4S/c1-16-6-7-20(17(2)12-16)28-15-18-4-3-5-19(13-18)22(25)27-14-21(24)23-8-10-26-11-9-23/h3-7,12-13H,8-11,14-15H2,1-2H3. The molecular weight excluding hydrogens is 374 g/mol. The van der Waals surface area contributed by atoms with Gasteiger partial charge in [0.1, 0.15) is 0 Å². The molecule has 0 N–H and O–H groups in total. The van der Waals surface area contributed by atoms with Gasteiger partial charge in [-0.2, -0.15) is 0 Å². The summed E-state index contributed by atoms with van der Waals surface area (Å²) < 4.78 is 10.4. The van der Waals surface area contributed by atoms with Crippen LogP contribution in [0, 0.1) is 13.8 Å². The summed E-state index contributed by atoms with van der Waals surface area (Å²) in [6.45, 7) is 6.10. The van der Waals surface area contributed by atoms with E-state index in [0.717, 1.165) is 11.3 Å². The number of aryl methyl sites for hydroxylation is 2. The summed E-state index contributed by atoms with van der Waals surface area (Å²) in [6, 6.07) is 13.8. The first-order valence-corrected chi connectivity index (χ1v) is 10.3. The number of esters is 1. The molecule has 1 aliphatic rings. The van der Waals surface area contributed by atoms with Crippen molar-refractivity contribution in [2.45, 2.75) is 24.5 Å². The summed E-state index contributed by atoms with van der Waals surface area (Å²) in [5.41, 5.74) is 4.01. The van der Waals surface area contributed by atoms with Gasteiger partial charge in [0.05, 0.1) is 18.8 Å². The van der Waals surface area contributed by atoms with Crippen LogP contribution in [0.1, 0.15) is 27.0 Å². The first kappa shape index (κ1) is 20.4. The Labute approximate surface area is 170 Å². The number of nitrogens with zero attached hydrogens (tertiary/aromatic N) is 1. The molecule has 28 heavy (non-hydrogen) atoms. The second kappa shape index (κ2) is 9.75. The number of hydrogen-bond acceptors (Lipinski definition) is 5. The van der Waals surface area contributed by atoms with E-state index in [4.69, 9.17) is 9.47 Å². The Morgan fingerprint density at radius 1 is 1.11 bits per heavy atom. The highest BCUT2D eigenvalue weighted by molar-refractivity contribution is 7.98. The third-order valence-electron chi connectivity index (χ3n) is 4.58. The zero-order chi connectivity index (χ0) is 19.9. The molecule has 1 heterocycles. The van der Waals surface area contributed by atoms with Gasteiger partial charge < -0.3 is 14.4 Å². The lowest BCUT2D eigenvalue weighted by Crippen LogP contribution is -2.42. The summed E-state index contributed by atoms with van der Waals surface area (Å²) in [5, 5.41) is 0. The molecule has 0 radical (unpaired) electrons. The molecule has 1 saturated heterocycles. The molecule has 0 bridgehead atoms. The third kappa shape index (κ3) is 5.59. The van der Waals surface area contributed by atoms with Gasteiger partial charge in [-0.15, -0.1) is 11.8 Å². The maximum atomic E-state index is 12.3. The third-order valence-corrected chi connectivity index (χ3v) is 5.82. The van der Waals surface area contributed by atoms with E-state index >= 15 is 0 Å². The smallest absolute Gasteiger partial charge is 0.338 e. The fourth-order valence-corrected chi connectivity index (χ4v) is 3.98. The van der Waals surface area contributed by atoms with Gasteiger partial charge in [-0.3, -0.25) is 4.79 Å². The van der Waals surface area contributed by atoms with E-state index in [0.29, 0.717) is 31.9 Å². The number of amides is 1. The van der Waals surface area contributed by atoms with Gasteiger partial charge in [0.15, 0.2) is 6.61 Å². The molecule has 0 aliphatic carbocycles. The van der Waals surface area contributed by atoms with Crippen LogP contribution in [0.25, 0.3) is 0 Å². The number of hydrogen-bond donors (Lipinski definition) is 0. The molecule has 2 aromatic rings. The van der Waals surface area contributed by atoms with E-state index in [1.54, 1.807) is 22.7 Å². The number of carbonyl (C=O) groups excluding carboxylic acids is 2. The second-order valence-electron chi connectivity index (χ2n) is 6.83. The zero-order valence-electron chi connectivity index (χ0n) is 16.3. The molecule has 3 rings (SSSR count). The molecule has 148 valence electrons. The van der Waals surface area contributed by atoms with Crippen LogP contribution in [0.5, 0.6) is 0 Å². The van der Waals surface area contributed by atoms with Crippen molar-refractivity contribution >= 4 is 23.6 Å². The van der Waals surface area contributed by atoms with Crippen LogP contribution in [0.3, 0.4) is 0 Å². The van der Waals surface area contributed by atoms with Gasteiger partial charge >= 0.3 is 5.97 Å². The lowest BCUT2D eigenvalue weighted by molar-refractivity contribution is -0.138. The average Bonchev–Trinajstić information content (AvgIpc) is 2.72. The summed E-state index contributed by atoms with van der Waals surface area (Å²) in [6.07, 6.45) is 0. The number of ether oxygens (including phenoxy) is 2. The molecule has 0 aromatic heterocycles. The summed E-state index contributed by atoms with van der Waals surface area (Å²) in [5.74, 6) is 0.107. The van der Waals surface area contributed by atoms with E-state index in [9.17, 15) is 9.59 Å². The average molecular weight is 400 g/mol. The summed E-state index contributed by atoms with van der Waals surface area (Å²) in [7, 11) is 0. The normalized spacial score (nSPS) is 14.0. The van der Waals surface area contributed by atoms with E-state index in [1.807, 2.05) is 18.2 Å². The number of carbonyl (C=O) groups is 2. The highest BCUT2D eigenvalue weighted by Crippen LogP contribution is 2.27. The Bertz CT molecular complexity index is 846. The Hall–Kier alpha value is -2.31. The van der Waals surface area contributed by atoms with E-state index in [1.165, 1.54) is 16.0 Å². The van der Waals surface area contributed by atoms with Gasteiger partial charge in [0.2, 0.25) is 0 Å². The van der Waals surface area contributed by atoms with Crippen molar-refractivity contribution < 1.29 is 19.1 Å². The van der Waals surface area contributed by atoms with Gasteiger partial charge in [-0.25, -0.2) is 4.79 Å². The van der Waals surface area contributed by atoms with Crippen LogP contribution in [0.4, 0.5) is 0 Å². The molecule has 0 spiro atoms. The van der Waals surface area contributed by atoms with Crippen LogP contribution in [0.15, 0.2) is 47.4 Å². The van der Waals surface area contributed by atoms with Crippen molar-refractivity contribution in [1.29, 1.82) is 0 Å². The van der Waals surface area contributed by atoms with Crippen LogP contribution >= 0.6 is 11.8 Å². The minimum absolute atomic E-state index is 0.182. The molecule has 1 amide bonds. The number of thioether (sulfide) groups is 1. The minimum atomic E-state index is -0.472. The quantitative estimate of drug-likeness (QED) is 0.549. The SMILES string of the molecule is Cc1ccc(SCc2cccc(C(=O)OCC(=O)N3CCOCC3)c2)c(C)c1. The van der Waals surface area contributed by atoms with Crippen LogP contribution in [-0.4, -0.2) is 49.7 Å². The molecule has 0 unspecified atom stereocenters. The topological polar surface area (TPSA) is 55.8 Å². The molecule has 1 fully saturated rings. The molecule has 2 aromatic carbocycles. The second-order valence-corrected chi connectivity index (χ2v) is 7.84. The monoisotopic (exact) mass is 399 g/mol. The maximum absolute atomic E-state index is 12.3. The number of rotatable bonds is 6. The maximum Gasteiger partial charge on any atom is 0.338 e. The lowest BCUT2D eigenvalue weighted by Gasteiger charge is -2.26. The Kier molecular flexibility index (Phi) is 7.12. The van der Waals surface area contributed by atoms with E-state index in [-0.39, 0.29) is 12.5 Å². The molecule has 5 nitrogen and oxygen atoms in total. The molecule has 1 aliphatic heterocycles. The highest BCUT2D eigenvalue weighted by atomic mass is 32.2. The first-order chi connectivity index (χ1) is 13.5. The fraction of sp³-hybridized carbons (Fsp3) is 0.364. The molecule has 6 heteroatoms. The summed E-state index contributed by atoms with van der Waals surface area (Å²) in [4.78, 5) is 27.3. The zero-order valence-corrected chi connectivity index (χ0v) is 17.1. The highest BCUT2D eigenvalue weighted by Gasteiger charge is 2.19. The molecule has 0 atom stereocenters. The molecule has 0 saturated carbocycles. The van der Waals surface area contributed by atoms with E-state index in [2.05, 4.69) is 32.0 Å². The number of morpholine rings is 1. The van der Waals surface area contributed by atoms with Crippen molar-refractivity contribution in [2.24, 2.45) is 0 Å². The van der Waals surface area contributed by atoms with Crippen LogP contribution < -0.4 is 0 Å². The van der Waals surface area contributed by atoms with Gasteiger partial charge in [-0.1, -0.05) is 29.8 Å². The number of benzene rings is 2. The Balaban J connectivity index is 1.54. The Morgan fingerprint density at radius 3 is 2.64 bits per heavy atom. The lowest BCUT2D eigenvalue weighted by atomic mass is 10.1. The van der Waals surface area contributed by atoms with Crippen LogP contribution in [0.2, 0.25) is 0 Å². The van der Waals surface area contributed by atoms with Crippen molar-refractivity contribution in [1.82, 2.24) is 4.90 Å². The Morgan fingerprint density at radius 2 is 1.89 bits per heavy atom. The van der Waals surface area contributed by atoms with Gasteiger partial charge in [0, 0.05) is 23.7 Å². The fourth-order valence-electron chi connectivity index (χ4n) is 3.03. The predicted molar refractivity (Wildman–Crippen MR) is 110 cm³/mol. The minimum Gasteiger partial charge on any atom is -0.452 e. The van der Waals surface area contributed by atoms with Crippen molar-refractivity contribution in [2.75, 3.05) is 32.9 Å². The van der Waals surface area contributed by atoms with E-state index < -0.39 is 5.97 Å². The van der Waals surface area contributed by atoms with Crippen molar-refractivity contribution in [3.8, 4) is 0 Å². The van der Waals surface area contributed by atoms with Crippen molar-refractivity contribution in [3.63, 3.8) is 0 Å². The predicted octanol–water partition coefficient (Wildman–Crippen LogP) is 3.61. The van der Waals surface area contributed by atoms with Gasteiger partial charge in [0.25, 0.3) is 5.91 Å². The van der Waals surface area contributed by atoms with Gasteiger partial charge in [-0.05, 0) is 43.2 Å². The largest absolute Gasteiger partial charge is 0.452 e. The van der Waals surface area contributed by atoms with Crippen molar-refractivity contribution in [3.05, 3.63) is 64.7 Å². The van der Waals surface area contributed by atoms with Crippen LogP contribution in [-0.2, 0) is 20.0 Å². The molecular formula is C22H25NO4S. The first-order valence-electron chi connectivity index (χ1n) is 9.34. The summed E-state index contributed by atoms with van der Waals surface area (Å²) >= 11 is 1.74.